The summed E-state index contributed by atoms with van der Waals surface area (Å²) in [5.74, 6) is 2.46. The molecule has 4 aliphatic rings. The molecule has 0 aromatic heterocycles. The summed E-state index contributed by atoms with van der Waals surface area (Å²) in [5.41, 5.74) is 0.379. The standard InChI is InChI=1S/C21H34O3/c1-12(22)15-4-5-16-19-17(7-9-21(15,16)3)20(2)8-6-14(23)10-13(20)11-18(19)24/h13-19,23-24H,4-11H2,1-3H3/t13-,14+,15?,16?,17?,18+,19?,20-,21+/m0/s1. The molecule has 0 amide bonds. The largest absolute Gasteiger partial charge is 0.393 e. The smallest absolute Gasteiger partial charge is 0.133 e. The normalized spacial score (nSPS) is 57.0. The molecule has 3 nitrogen and oxygen atoms in total. The molecule has 9 atom stereocenters. The number of aliphatic hydroxyl groups excluding tert-OH is 2. The number of ketones is 1. The molecule has 0 bridgehead atoms. The van der Waals surface area contributed by atoms with Gasteiger partial charge in [0.15, 0.2) is 0 Å². The molecule has 0 spiro atoms. The fourth-order valence-electron chi connectivity index (χ4n) is 7.87. The van der Waals surface area contributed by atoms with Crippen LogP contribution in [0.1, 0.15) is 72.1 Å². The molecule has 0 radical (unpaired) electrons. The first-order valence-corrected chi connectivity index (χ1v) is 10.1. The van der Waals surface area contributed by atoms with E-state index in [-0.39, 0.29) is 29.0 Å². The van der Waals surface area contributed by atoms with Crippen LogP contribution < -0.4 is 0 Å². The van der Waals surface area contributed by atoms with Gasteiger partial charge in [-0.15, -0.1) is 0 Å². The lowest BCUT2D eigenvalue weighted by atomic mass is 9.44. The summed E-state index contributed by atoms with van der Waals surface area (Å²) in [6, 6.07) is 0. The maximum Gasteiger partial charge on any atom is 0.133 e. The van der Waals surface area contributed by atoms with Gasteiger partial charge in [0, 0.05) is 5.92 Å². The maximum absolute atomic E-state index is 12.2. The molecule has 0 aromatic carbocycles. The molecule has 136 valence electrons. The molecule has 0 aliphatic heterocycles. The van der Waals surface area contributed by atoms with Crippen molar-refractivity contribution in [1.82, 2.24) is 0 Å². The summed E-state index contributed by atoms with van der Waals surface area (Å²) in [6.45, 7) is 6.54. The number of fused-ring (bicyclic) bond motifs is 5. The van der Waals surface area contributed by atoms with E-state index in [0.717, 1.165) is 51.4 Å². The summed E-state index contributed by atoms with van der Waals surface area (Å²) in [6.07, 6.45) is 7.76. The minimum Gasteiger partial charge on any atom is -0.393 e. The molecule has 2 N–H and O–H groups in total. The fourth-order valence-corrected chi connectivity index (χ4v) is 7.87. The quantitative estimate of drug-likeness (QED) is 0.771. The van der Waals surface area contributed by atoms with Crippen molar-refractivity contribution in [3.63, 3.8) is 0 Å². The molecule has 4 saturated carbocycles. The summed E-state index contributed by atoms with van der Waals surface area (Å²) in [5, 5.41) is 21.2. The van der Waals surface area contributed by atoms with Crippen LogP contribution in [0.4, 0.5) is 0 Å². The minimum absolute atomic E-state index is 0.103. The van der Waals surface area contributed by atoms with Crippen LogP contribution in [0.25, 0.3) is 0 Å². The monoisotopic (exact) mass is 334 g/mol. The SMILES string of the molecule is CC(=O)C1CCC2C3C(CC[C@]12C)[C@@]1(C)CC[C@@H](O)C[C@H]1C[C@H]3O. The second-order valence-corrected chi connectivity index (χ2v) is 10.0. The molecule has 4 aliphatic carbocycles. The first-order chi connectivity index (χ1) is 11.3. The van der Waals surface area contributed by atoms with Crippen LogP contribution in [-0.2, 0) is 4.79 Å². The van der Waals surface area contributed by atoms with Crippen molar-refractivity contribution in [1.29, 1.82) is 0 Å². The second kappa shape index (κ2) is 5.54. The van der Waals surface area contributed by atoms with E-state index in [1.165, 1.54) is 0 Å². The van der Waals surface area contributed by atoms with Crippen molar-refractivity contribution in [2.75, 3.05) is 0 Å². The van der Waals surface area contributed by atoms with Crippen LogP contribution in [-0.4, -0.2) is 28.2 Å². The number of carbonyl (C=O) groups is 1. The number of rotatable bonds is 1. The number of aliphatic hydroxyl groups is 2. The van der Waals surface area contributed by atoms with Gasteiger partial charge >= 0.3 is 0 Å². The van der Waals surface area contributed by atoms with E-state index in [4.69, 9.17) is 0 Å². The van der Waals surface area contributed by atoms with Crippen LogP contribution in [0, 0.1) is 40.4 Å². The van der Waals surface area contributed by atoms with E-state index in [0.29, 0.717) is 29.5 Å². The Hall–Kier alpha value is -0.410. The van der Waals surface area contributed by atoms with Gasteiger partial charge in [0.25, 0.3) is 0 Å². The Kier molecular flexibility index (Phi) is 3.93. The average Bonchev–Trinajstić information content (AvgIpc) is 2.86. The molecule has 3 heteroatoms. The Bertz CT molecular complexity index is 531. The molecular formula is C21H34O3. The van der Waals surface area contributed by atoms with Gasteiger partial charge in [-0.25, -0.2) is 0 Å². The lowest BCUT2D eigenvalue weighted by Gasteiger charge is -2.62. The third-order valence-corrected chi connectivity index (χ3v) is 9.15. The van der Waals surface area contributed by atoms with Crippen molar-refractivity contribution < 1.29 is 15.0 Å². The zero-order chi connectivity index (χ0) is 17.3. The van der Waals surface area contributed by atoms with Crippen LogP contribution in [0.5, 0.6) is 0 Å². The Morgan fingerprint density at radius 2 is 1.58 bits per heavy atom. The van der Waals surface area contributed by atoms with E-state index in [1.54, 1.807) is 6.92 Å². The van der Waals surface area contributed by atoms with Gasteiger partial charge in [-0.05, 0) is 92.8 Å². The van der Waals surface area contributed by atoms with Gasteiger partial charge in [-0.1, -0.05) is 13.8 Å². The first-order valence-electron chi connectivity index (χ1n) is 10.1. The molecule has 0 saturated heterocycles. The molecule has 0 aromatic rings. The number of carbonyl (C=O) groups excluding carboxylic acids is 1. The highest BCUT2D eigenvalue weighted by atomic mass is 16.3. The Balaban J connectivity index is 1.66. The predicted molar refractivity (Wildman–Crippen MR) is 93.3 cm³/mol. The Morgan fingerprint density at radius 1 is 0.917 bits per heavy atom. The van der Waals surface area contributed by atoms with Crippen molar-refractivity contribution >= 4 is 5.78 Å². The Morgan fingerprint density at radius 3 is 2.29 bits per heavy atom. The number of Topliss-reactive ketones (excluding diaryl/α,β-unsaturated/α-hetero) is 1. The number of hydrogen-bond donors (Lipinski definition) is 2. The summed E-state index contributed by atoms with van der Waals surface area (Å²) in [4.78, 5) is 12.2. The summed E-state index contributed by atoms with van der Waals surface area (Å²) < 4.78 is 0. The zero-order valence-electron chi connectivity index (χ0n) is 15.5. The predicted octanol–water partition coefficient (Wildman–Crippen LogP) is 3.57. The minimum atomic E-state index is -0.242. The molecule has 4 rings (SSSR count). The van der Waals surface area contributed by atoms with E-state index in [9.17, 15) is 15.0 Å². The fraction of sp³-hybridized carbons (Fsp3) is 0.952. The summed E-state index contributed by atoms with van der Waals surface area (Å²) in [7, 11) is 0. The highest BCUT2D eigenvalue weighted by Gasteiger charge is 2.62. The van der Waals surface area contributed by atoms with Crippen molar-refractivity contribution in [3.05, 3.63) is 0 Å². The van der Waals surface area contributed by atoms with Crippen molar-refractivity contribution in [2.45, 2.75) is 84.3 Å². The highest BCUT2D eigenvalue weighted by molar-refractivity contribution is 5.79. The van der Waals surface area contributed by atoms with E-state index < -0.39 is 0 Å². The third-order valence-electron chi connectivity index (χ3n) is 9.15. The van der Waals surface area contributed by atoms with E-state index >= 15 is 0 Å². The number of hydrogen-bond acceptors (Lipinski definition) is 3. The molecule has 24 heavy (non-hydrogen) atoms. The topological polar surface area (TPSA) is 57.5 Å². The molecule has 4 fully saturated rings. The Labute approximate surface area is 146 Å². The van der Waals surface area contributed by atoms with E-state index in [1.807, 2.05) is 0 Å². The third kappa shape index (κ3) is 2.19. The second-order valence-electron chi connectivity index (χ2n) is 10.0. The van der Waals surface area contributed by atoms with Crippen molar-refractivity contribution in [3.8, 4) is 0 Å². The van der Waals surface area contributed by atoms with Gasteiger partial charge in [0.2, 0.25) is 0 Å². The van der Waals surface area contributed by atoms with Gasteiger partial charge < -0.3 is 10.2 Å². The molecular weight excluding hydrogens is 300 g/mol. The molecule has 0 heterocycles. The van der Waals surface area contributed by atoms with Gasteiger partial charge in [0.05, 0.1) is 12.2 Å². The lowest BCUT2D eigenvalue weighted by molar-refractivity contribution is -0.173. The van der Waals surface area contributed by atoms with Crippen LogP contribution in [0.15, 0.2) is 0 Å². The maximum atomic E-state index is 12.2. The van der Waals surface area contributed by atoms with Crippen LogP contribution in [0.3, 0.4) is 0 Å². The first kappa shape index (κ1) is 17.0. The molecule has 4 unspecified atom stereocenters. The van der Waals surface area contributed by atoms with E-state index in [2.05, 4.69) is 13.8 Å². The van der Waals surface area contributed by atoms with Gasteiger partial charge in [0.1, 0.15) is 5.78 Å². The highest BCUT2D eigenvalue weighted by Crippen LogP contribution is 2.67. The zero-order valence-corrected chi connectivity index (χ0v) is 15.5. The summed E-state index contributed by atoms with van der Waals surface area (Å²) >= 11 is 0. The van der Waals surface area contributed by atoms with Crippen LogP contribution >= 0.6 is 0 Å². The van der Waals surface area contributed by atoms with Crippen molar-refractivity contribution in [2.24, 2.45) is 40.4 Å². The van der Waals surface area contributed by atoms with Gasteiger partial charge in [-0.2, -0.15) is 0 Å². The van der Waals surface area contributed by atoms with Crippen LogP contribution in [0.2, 0.25) is 0 Å². The lowest BCUT2D eigenvalue weighted by Crippen LogP contribution is -2.58. The average molecular weight is 334 g/mol. The van der Waals surface area contributed by atoms with Gasteiger partial charge in [-0.3, -0.25) is 4.79 Å².